The molecule has 1 heterocycles. The second-order valence-corrected chi connectivity index (χ2v) is 4.99. The molecule has 14 heavy (non-hydrogen) atoms. The van der Waals surface area contributed by atoms with E-state index in [9.17, 15) is 4.21 Å². The van der Waals surface area contributed by atoms with Gasteiger partial charge < -0.3 is 5.32 Å². The van der Waals surface area contributed by atoms with Crippen LogP contribution < -0.4 is 5.32 Å². The molecule has 1 aromatic rings. The minimum absolute atomic E-state index is 0.242. The Hall–Kier alpha value is -0.680. The second-order valence-electron chi connectivity index (χ2n) is 3.12. The minimum atomic E-state index is -0.679. The molecule has 0 radical (unpaired) electrons. The highest BCUT2D eigenvalue weighted by Crippen LogP contribution is 2.06. The first-order valence-electron chi connectivity index (χ1n) is 4.81. The Labute approximate surface area is 86.9 Å². The van der Waals surface area contributed by atoms with E-state index in [4.69, 9.17) is 0 Å². The van der Waals surface area contributed by atoms with Crippen molar-refractivity contribution in [2.75, 3.05) is 18.1 Å². The maximum atomic E-state index is 11.1. The quantitative estimate of drug-likeness (QED) is 0.739. The lowest BCUT2D eigenvalue weighted by Gasteiger charge is -2.10. The normalized spacial score (nSPS) is 15.3. The molecule has 0 saturated carbocycles. The van der Waals surface area contributed by atoms with Crippen molar-refractivity contribution in [3.8, 4) is 0 Å². The number of rotatable bonds is 6. The van der Waals surface area contributed by atoms with Gasteiger partial charge in [0, 0.05) is 41.1 Å². The van der Waals surface area contributed by atoms with Crippen LogP contribution in [0.4, 0.5) is 0 Å². The molecule has 0 aliphatic heterocycles. The minimum Gasteiger partial charge on any atom is -0.308 e. The Balaban J connectivity index is 2.22. The summed E-state index contributed by atoms with van der Waals surface area (Å²) >= 11 is 0. The average molecular weight is 215 g/mol. The molecular weight excluding hydrogens is 198 g/mol. The number of nitrogens with one attached hydrogen (secondary N) is 2. The van der Waals surface area contributed by atoms with Crippen molar-refractivity contribution >= 4 is 10.8 Å². The lowest BCUT2D eigenvalue weighted by Crippen LogP contribution is -2.24. The predicted octanol–water partition coefficient (Wildman–Crippen LogP) is 0.829. The van der Waals surface area contributed by atoms with Crippen LogP contribution in [0.1, 0.15) is 25.6 Å². The zero-order chi connectivity index (χ0) is 10.4. The van der Waals surface area contributed by atoms with Crippen molar-refractivity contribution in [3.05, 3.63) is 18.0 Å². The first kappa shape index (κ1) is 11.4. The molecule has 5 heteroatoms. The summed E-state index contributed by atoms with van der Waals surface area (Å²) < 4.78 is 11.1. The van der Waals surface area contributed by atoms with E-state index in [-0.39, 0.29) is 6.04 Å². The zero-order valence-corrected chi connectivity index (χ0v) is 9.43. The zero-order valence-electron chi connectivity index (χ0n) is 8.62. The average Bonchev–Trinajstić information content (AvgIpc) is 2.70. The lowest BCUT2D eigenvalue weighted by molar-refractivity contribution is 0.581. The van der Waals surface area contributed by atoms with Gasteiger partial charge in [-0.3, -0.25) is 9.31 Å². The molecular formula is C9H17N3OS. The standard InChI is InChI=1S/C9H17N3OS/c1-3-14(13)7-6-10-8(2)9-4-5-11-12-9/h4-5,8,10H,3,6-7H2,1-2H3,(H,11,12). The Morgan fingerprint density at radius 2 is 2.50 bits per heavy atom. The van der Waals surface area contributed by atoms with Gasteiger partial charge in [0.25, 0.3) is 0 Å². The molecule has 0 aliphatic carbocycles. The van der Waals surface area contributed by atoms with Crippen LogP contribution in [0.5, 0.6) is 0 Å². The fourth-order valence-electron chi connectivity index (χ4n) is 1.15. The number of H-pyrrole nitrogens is 1. The van der Waals surface area contributed by atoms with Crippen LogP contribution in [-0.2, 0) is 10.8 Å². The summed E-state index contributed by atoms with van der Waals surface area (Å²) in [6.07, 6.45) is 1.73. The van der Waals surface area contributed by atoms with Crippen molar-refractivity contribution in [2.45, 2.75) is 19.9 Å². The molecule has 0 aromatic carbocycles. The largest absolute Gasteiger partial charge is 0.308 e. The molecule has 0 aliphatic rings. The van der Waals surface area contributed by atoms with Gasteiger partial charge >= 0.3 is 0 Å². The fourth-order valence-corrected chi connectivity index (χ4v) is 1.79. The van der Waals surface area contributed by atoms with Gasteiger partial charge in [-0.2, -0.15) is 5.10 Å². The molecule has 0 amide bonds. The van der Waals surface area contributed by atoms with Crippen LogP contribution in [-0.4, -0.2) is 32.5 Å². The molecule has 4 nitrogen and oxygen atoms in total. The second kappa shape index (κ2) is 5.93. The summed E-state index contributed by atoms with van der Waals surface area (Å²) in [7, 11) is -0.679. The Morgan fingerprint density at radius 3 is 3.07 bits per heavy atom. The van der Waals surface area contributed by atoms with E-state index in [0.29, 0.717) is 0 Å². The SMILES string of the molecule is CCS(=O)CCNC(C)c1ccn[nH]1. The van der Waals surface area contributed by atoms with Crippen molar-refractivity contribution in [1.29, 1.82) is 0 Å². The van der Waals surface area contributed by atoms with Crippen LogP contribution in [0, 0.1) is 0 Å². The van der Waals surface area contributed by atoms with E-state index in [1.807, 2.05) is 13.0 Å². The van der Waals surface area contributed by atoms with Gasteiger partial charge in [0.05, 0.1) is 5.69 Å². The summed E-state index contributed by atoms with van der Waals surface area (Å²) in [6.45, 7) is 4.78. The summed E-state index contributed by atoms with van der Waals surface area (Å²) in [5.41, 5.74) is 1.06. The van der Waals surface area contributed by atoms with E-state index >= 15 is 0 Å². The van der Waals surface area contributed by atoms with E-state index in [0.717, 1.165) is 23.7 Å². The predicted molar refractivity (Wildman–Crippen MR) is 58.6 cm³/mol. The molecule has 0 spiro atoms. The molecule has 1 rings (SSSR count). The Morgan fingerprint density at radius 1 is 1.71 bits per heavy atom. The molecule has 80 valence electrons. The number of hydrogen-bond acceptors (Lipinski definition) is 3. The maximum Gasteiger partial charge on any atom is 0.0518 e. The van der Waals surface area contributed by atoms with E-state index in [1.165, 1.54) is 0 Å². The third-order valence-electron chi connectivity index (χ3n) is 2.09. The van der Waals surface area contributed by atoms with Gasteiger partial charge in [0.2, 0.25) is 0 Å². The Kier molecular flexibility index (Phi) is 4.82. The molecule has 0 saturated heterocycles. The molecule has 0 bridgehead atoms. The highest BCUT2D eigenvalue weighted by atomic mass is 32.2. The first-order chi connectivity index (χ1) is 6.74. The van der Waals surface area contributed by atoms with Crippen molar-refractivity contribution in [2.24, 2.45) is 0 Å². The number of aromatic nitrogens is 2. The third-order valence-corrected chi connectivity index (χ3v) is 3.39. The first-order valence-corrected chi connectivity index (χ1v) is 6.30. The van der Waals surface area contributed by atoms with Crippen molar-refractivity contribution in [1.82, 2.24) is 15.5 Å². The molecule has 0 fully saturated rings. The smallest absolute Gasteiger partial charge is 0.0518 e. The number of nitrogens with zero attached hydrogens (tertiary/aromatic N) is 1. The monoisotopic (exact) mass is 215 g/mol. The summed E-state index contributed by atoms with van der Waals surface area (Å²) in [5, 5.41) is 10.1. The van der Waals surface area contributed by atoms with Crippen molar-refractivity contribution < 1.29 is 4.21 Å². The lowest BCUT2D eigenvalue weighted by atomic mass is 10.2. The van der Waals surface area contributed by atoms with E-state index < -0.39 is 10.8 Å². The number of aromatic amines is 1. The molecule has 2 N–H and O–H groups in total. The molecule has 2 unspecified atom stereocenters. The molecule has 2 atom stereocenters. The topological polar surface area (TPSA) is 57.8 Å². The van der Waals surface area contributed by atoms with Gasteiger partial charge in [-0.25, -0.2) is 0 Å². The van der Waals surface area contributed by atoms with Crippen molar-refractivity contribution in [3.63, 3.8) is 0 Å². The molecule has 1 aromatic heterocycles. The third kappa shape index (κ3) is 3.59. The van der Waals surface area contributed by atoms with Crippen LogP contribution in [0.15, 0.2) is 12.3 Å². The van der Waals surface area contributed by atoms with Crippen LogP contribution >= 0.6 is 0 Å². The maximum absolute atomic E-state index is 11.1. The van der Waals surface area contributed by atoms with Gasteiger partial charge in [0.15, 0.2) is 0 Å². The summed E-state index contributed by atoms with van der Waals surface area (Å²) in [6, 6.07) is 2.18. The van der Waals surface area contributed by atoms with Gasteiger partial charge in [-0.15, -0.1) is 0 Å². The van der Waals surface area contributed by atoms with Gasteiger partial charge in [0.1, 0.15) is 0 Å². The summed E-state index contributed by atoms with van der Waals surface area (Å²) in [4.78, 5) is 0. The van der Waals surface area contributed by atoms with Gasteiger partial charge in [-0.1, -0.05) is 6.92 Å². The fraction of sp³-hybridized carbons (Fsp3) is 0.667. The Bertz CT molecular complexity index is 274. The van der Waals surface area contributed by atoms with Crippen LogP contribution in [0.25, 0.3) is 0 Å². The van der Waals surface area contributed by atoms with Gasteiger partial charge in [-0.05, 0) is 13.0 Å². The van der Waals surface area contributed by atoms with E-state index in [2.05, 4.69) is 22.4 Å². The number of hydrogen-bond donors (Lipinski definition) is 2. The summed E-state index contributed by atoms with van der Waals surface area (Å²) in [5.74, 6) is 1.45. The van der Waals surface area contributed by atoms with Crippen LogP contribution in [0.3, 0.4) is 0 Å². The van der Waals surface area contributed by atoms with E-state index in [1.54, 1.807) is 6.20 Å². The highest BCUT2D eigenvalue weighted by molar-refractivity contribution is 7.84. The van der Waals surface area contributed by atoms with Crippen LogP contribution in [0.2, 0.25) is 0 Å². The highest BCUT2D eigenvalue weighted by Gasteiger charge is 2.05.